The molecule has 20 heavy (non-hydrogen) atoms. The van der Waals surface area contributed by atoms with Crippen LogP contribution in [0.5, 0.6) is 0 Å². The number of thioether (sulfide) groups is 1. The van der Waals surface area contributed by atoms with Gasteiger partial charge in [-0.1, -0.05) is 24.6 Å². The summed E-state index contributed by atoms with van der Waals surface area (Å²) in [5.74, 6) is 1.96. The van der Waals surface area contributed by atoms with Gasteiger partial charge in [-0.2, -0.15) is 0 Å². The second kappa shape index (κ2) is 7.34. The Kier molecular flexibility index (Phi) is 5.48. The van der Waals surface area contributed by atoms with Crippen molar-refractivity contribution < 1.29 is 0 Å². The number of hydrogen-bond donors (Lipinski definition) is 1. The highest BCUT2D eigenvalue weighted by molar-refractivity contribution is 7.98. The Hall–Kier alpha value is -1.48. The molecule has 0 aliphatic heterocycles. The summed E-state index contributed by atoms with van der Waals surface area (Å²) in [5.41, 5.74) is 3.98. The van der Waals surface area contributed by atoms with E-state index >= 15 is 0 Å². The normalized spacial score (nSPS) is 10.6. The first-order chi connectivity index (χ1) is 9.69. The summed E-state index contributed by atoms with van der Waals surface area (Å²) in [6.45, 7) is 7.44. The highest BCUT2D eigenvalue weighted by Crippen LogP contribution is 2.27. The van der Waals surface area contributed by atoms with Crippen molar-refractivity contribution in [2.24, 2.45) is 0 Å². The van der Waals surface area contributed by atoms with Crippen LogP contribution in [-0.2, 0) is 5.75 Å². The van der Waals surface area contributed by atoms with Gasteiger partial charge in [0.2, 0.25) is 0 Å². The lowest BCUT2D eigenvalue weighted by molar-refractivity contribution is 0.968. The monoisotopic (exact) mass is 286 g/mol. The number of hydrogen-bond acceptors (Lipinski definition) is 3. The van der Waals surface area contributed by atoms with Gasteiger partial charge in [0.25, 0.3) is 0 Å². The smallest absolute Gasteiger partial charge is 0.126 e. The SMILES string of the molecule is CCCNc1cc(CSc2ccc(C)cc2C)ccn1. The van der Waals surface area contributed by atoms with Gasteiger partial charge in [-0.05, 0) is 49.6 Å². The minimum absolute atomic E-state index is 0.973. The molecule has 2 rings (SSSR count). The van der Waals surface area contributed by atoms with Crippen LogP contribution in [0.25, 0.3) is 0 Å². The van der Waals surface area contributed by atoms with Gasteiger partial charge in [-0.25, -0.2) is 4.98 Å². The maximum absolute atomic E-state index is 4.34. The number of rotatable bonds is 6. The van der Waals surface area contributed by atoms with E-state index in [1.807, 2.05) is 18.0 Å². The van der Waals surface area contributed by atoms with Crippen LogP contribution in [0.2, 0.25) is 0 Å². The summed E-state index contributed by atoms with van der Waals surface area (Å²) in [4.78, 5) is 5.70. The molecule has 2 nitrogen and oxygen atoms in total. The summed E-state index contributed by atoms with van der Waals surface area (Å²) in [7, 11) is 0. The van der Waals surface area contributed by atoms with Crippen molar-refractivity contribution in [2.45, 2.75) is 37.8 Å². The third kappa shape index (κ3) is 4.27. The molecule has 0 spiro atoms. The lowest BCUT2D eigenvalue weighted by Gasteiger charge is -2.08. The summed E-state index contributed by atoms with van der Waals surface area (Å²) in [6, 6.07) is 10.9. The summed E-state index contributed by atoms with van der Waals surface area (Å²) in [5, 5.41) is 3.33. The molecular weight excluding hydrogens is 264 g/mol. The standard InChI is InChI=1S/C17H22N2S/c1-4-8-18-17-11-15(7-9-19-17)12-20-16-6-5-13(2)10-14(16)3/h5-7,9-11H,4,8,12H2,1-3H3,(H,18,19). The van der Waals surface area contributed by atoms with Crippen LogP contribution in [-0.4, -0.2) is 11.5 Å². The molecule has 0 bridgehead atoms. The molecule has 1 aromatic heterocycles. The van der Waals surface area contributed by atoms with Crippen LogP contribution in [0.1, 0.15) is 30.0 Å². The second-order valence-corrected chi connectivity index (χ2v) is 6.05. The van der Waals surface area contributed by atoms with E-state index in [0.29, 0.717) is 0 Å². The van der Waals surface area contributed by atoms with E-state index in [2.05, 4.69) is 61.4 Å². The van der Waals surface area contributed by atoms with Gasteiger partial charge in [0, 0.05) is 23.4 Å². The minimum atomic E-state index is 0.973. The molecule has 2 aromatic rings. The van der Waals surface area contributed by atoms with Gasteiger partial charge in [-0.15, -0.1) is 11.8 Å². The minimum Gasteiger partial charge on any atom is -0.370 e. The van der Waals surface area contributed by atoms with Crippen LogP contribution in [0, 0.1) is 13.8 Å². The zero-order valence-electron chi connectivity index (χ0n) is 12.4. The van der Waals surface area contributed by atoms with Crippen molar-refractivity contribution in [1.82, 2.24) is 4.98 Å². The third-order valence-corrected chi connectivity index (χ3v) is 4.35. The average molecular weight is 286 g/mol. The number of anilines is 1. The van der Waals surface area contributed by atoms with E-state index in [9.17, 15) is 0 Å². The molecular formula is C17H22N2S. The molecule has 1 aromatic carbocycles. The summed E-state index contributed by atoms with van der Waals surface area (Å²) < 4.78 is 0. The molecule has 0 saturated carbocycles. The Balaban J connectivity index is 1.99. The van der Waals surface area contributed by atoms with Crippen molar-refractivity contribution in [3.05, 3.63) is 53.2 Å². The molecule has 3 heteroatoms. The van der Waals surface area contributed by atoms with E-state index in [1.165, 1.54) is 21.6 Å². The molecule has 0 radical (unpaired) electrons. The highest BCUT2D eigenvalue weighted by Gasteiger charge is 2.02. The van der Waals surface area contributed by atoms with E-state index in [0.717, 1.165) is 24.5 Å². The lowest BCUT2D eigenvalue weighted by Crippen LogP contribution is -2.01. The lowest BCUT2D eigenvalue weighted by atomic mass is 10.2. The fourth-order valence-electron chi connectivity index (χ4n) is 2.04. The van der Waals surface area contributed by atoms with Crippen molar-refractivity contribution in [1.29, 1.82) is 0 Å². The van der Waals surface area contributed by atoms with Gasteiger partial charge in [-0.3, -0.25) is 0 Å². The van der Waals surface area contributed by atoms with E-state index in [1.54, 1.807) is 0 Å². The molecule has 0 aliphatic rings. The zero-order valence-corrected chi connectivity index (χ0v) is 13.3. The Labute approximate surface area is 126 Å². The number of benzene rings is 1. The Morgan fingerprint density at radius 3 is 2.75 bits per heavy atom. The third-order valence-electron chi connectivity index (χ3n) is 3.11. The van der Waals surface area contributed by atoms with Crippen molar-refractivity contribution in [3.8, 4) is 0 Å². The Bertz CT molecular complexity index is 567. The van der Waals surface area contributed by atoms with Crippen LogP contribution >= 0.6 is 11.8 Å². The Morgan fingerprint density at radius 2 is 2.00 bits per heavy atom. The van der Waals surface area contributed by atoms with Gasteiger partial charge < -0.3 is 5.32 Å². The van der Waals surface area contributed by atoms with Crippen LogP contribution in [0.4, 0.5) is 5.82 Å². The first-order valence-corrected chi connectivity index (χ1v) is 8.06. The molecule has 0 unspecified atom stereocenters. The van der Waals surface area contributed by atoms with Crippen LogP contribution < -0.4 is 5.32 Å². The van der Waals surface area contributed by atoms with Crippen LogP contribution in [0.15, 0.2) is 41.4 Å². The second-order valence-electron chi connectivity index (χ2n) is 5.03. The predicted octanol–water partition coefficient (Wildman–Crippen LogP) is 4.81. The fourth-order valence-corrected chi connectivity index (χ4v) is 2.99. The molecule has 1 heterocycles. The number of aryl methyl sites for hydroxylation is 2. The highest BCUT2D eigenvalue weighted by atomic mass is 32.2. The van der Waals surface area contributed by atoms with Crippen molar-refractivity contribution in [2.75, 3.05) is 11.9 Å². The molecule has 0 atom stereocenters. The molecule has 0 amide bonds. The number of aromatic nitrogens is 1. The predicted molar refractivity (Wildman–Crippen MR) is 88.5 cm³/mol. The topological polar surface area (TPSA) is 24.9 Å². The molecule has 106 valence electrons. The molecule has 0 fully saturated rings. The van der Waals surface area contributed by atoms with Crippen LogP contribution in [0.3, 0.4) is 0 Å². The summed E-state index contributed by atoms with van der Waals surface area (Å²) in [6.07, 6.45) is 3.00. The first kappa shape index (κ1) is 14.9. The zero-order chi connectivity index (χ0) is 14.4. The van der Waals surface area contributed by atoms with Crippen molar-refractivity contribution in [3.63, 3.8) is 0 Å². The Morgan fingerprint density at radius 1 is 1.15 bits per heavy atom. The summed E-state index contributed by atoms with van der Waals surface area (Å²) >= 11 is 1.89. The first-order valence-electron chi connectivity index (χ1n) is 7.08. The molecule has 1 N–H and O–H groups in total. The van der Waals surface area contributed by atoms with E-state index in [-0.39, 0.29) is 0 Å². The fraction of sp³-hybridized carbons (Fsp3) is 0.353. The number of nitrogens with zero attached hydrogens (tertiary/aromatic N) is 1. The maximum Gasteiger partial charge on any atom is 0.126 e. The largest absolute Gasteiger partial charge is 0.370 e. The maximum atomic E-state index is 4.34. The van der Waals surface area contributed by atoms with Gasteiger partial charge in [0.1, 0.15) is 5.82 Å². The van der Waals surface area contributed by atoms with E-state index in [4.69, 9.17) is 0 Å². The average Bonchev–Trinajstić information content (AvgIpc) is 2.45. The van der Waals surface area contributed by atoms with Gasteiger partial charge in [0.05, 0.1) is 0 Å². The number of pyridine rings is 1. The van der Waals surface area contributed by atoms with Gasteiger partial charge >= 0.3 is 0 Å². The molecule has 0 saturated heterocycles. The van der Waals surface area contributed by atoms with Gasteiger partial charge in [0.15, 0.2) is 0 Å². The van der Waals surface area contributed by atoms with Crippen molar-refractivity contribution >= 4 is 17.6 Å². The number of nitrogens with one attached hydrogen (secondary N) is 1. The molecule has 0 aliphatic carbocycles. The quantitative estimate of drug-likeness (QED) is 0.771. The van der Waals surface area contributed by atoms with E-state index < -0.39 is 0 Å².